The molecule has 0 aromatic carbocycles. The molecule has 0 aromatic rings. The van der Waals surface area contributed by atoms with Gasteiger partial charge in [0.25, 0.3) is 0 Å². The maximum absolute atomic E-state index is 5.67. The van der Waals surface area contributed by atoms with E-state index in [-0.39, 0.29) is 0 Å². The number of fused-ring (bicyclic) bond motifs is 1. The molecule has 0 spiro atoms. The van der Waals surface area contributed by atoms with Gasteiger partial charge >= 0.3 is 0 Å². The summed E-state index contributed by atoms with van der Waals surface area (Å²) in [7, 11) is 1.90. The van der Waals surface area contributed by atoms with Crippen molar-refractivity contribution in [3.8, 4) is 0 Å². The van der Waals surface area contributed by atoms with Gasteiger partial charge in [-0.1, -0.05) is 12.8 Å². The van der Waals surface area contributed by atoms with Crippen LogP contribution in [0.3, 0.4) is 0 Å². The van der Waals surface area contributed by atoms with E-state index >= 15 is 0 Å². The minimum Gasteiger partial charge on any atom is -0.379 e. The molecule has 2 unspecified atom stereocenters. The first-order valence-electron chi connectivity index (χ1n) is 8.40. The molecular weight excluding hydrogens is 250 g/mol. The highest BCUT2D eigenvalue weighted by Gasteiger charge is 2.35. The van der Waals surface area contributed by atoms with Crippen molar-refractivity contribution in [2.45, 2.75) is 38.5 Å². The Balaban J connectivity index is 1.37. The lowest BCUT2D eigenvalue weighted by molar-refractivity contribution is 0.128. The first-order valence-corrected chi connectivity index (χ1v) is 8.40. The van der Waals surface area contributed by atoms with E-state index in [1.165, 1.54) is 51.6 Å². The van der Waals surface area contributed by atoms with Gasteiger partial charge in [0.15, 0.2) is 5.96 Å². The van der Waals surface area contributed by atoms with Gasteiger partial charge in [0.1, 0.15) is 0 Å². The first kappa shape index (κ1) is 14.2. The van der Waals surface area contributed by atoms with E-state index in [0.717, 1.165) is 43.5 Å². The molecule has 2 saturated carbocycles. The molecule has 20 heavy (non-hydrogen) atoms. The first-order chi connectivity index (χ1) is 9.86. The second kappa shape index (κ2) is 6.79. The largest absolute Gasteiger partial charge is 0.379 e. The average molecular weight is 279 g/mol. The number of likely N-dealkylation sites (tertiary alicyclic amines) is 1. The maximum Gasteiger partial charge on any atom is 0.193 e. The molecule has 0 bridgehead atoms. The topological polar surface area (TPSA) is 36.9 Å². The molecule has 114 valence electrons. The number of guanidine groups is 1. The van der Waals surface area contributed by atoms with E-state index in [0.29, 0.717) is 0 Å². The van der Waals surface area contributed by atoms with Crippen LogP contribution in [-0.2, 0) is 4.74 Å². The fourth-order valence-corrected chi connectivity index (χ4v) is 3.68. The van der Waals surface area contributed by atoms with Crippen molar-refractivity contribution in [2.75, 3.05) is 39.9 Å². The third-order valence-corrected chi connectivity index (χ3v) is 5.07. The summed E-state index contributed by atoms with van der Waals surface area (Å²) in [5.74, 6) is 3.76. The Kier molecular flexibility index (Phi) is 4.81. The SMILES string of the molecule is CN=C(NCCOCC1CC1)N1CC2CCCCC2C1. The summed E-state index contributed by atoms with van der Waals surface area (Å²) in [5.41, 5.74) is 0. The van der Waals surface area contributed by atoms with Crippen molar-refractivity contribution in [2.24, 2.45) is 22.7 Å². The zero-order valence-corrected chi connectivity index (χ0v) is 12.8. The summed E-state index contributed by atoms with van der Waals surface area (Å²) < 4.78 is 5.67. The van der Waals surface area contributed by atoms with Crippen LogP contribution in [0.25, 0.3) is 0 Å². The van der Waals surface area contributed by atoms with Gasteiger partial charge in [-0.05, 0) is 43.4 Å². The predicted molar refractivity (Wildman–Crippen MR) is 81.9 cm³/mol. The third-order valence-electron chi connectivity index (χ3n) is 5.07. The average Bonchev–Trinajstić information content (AvgIpc) is 3.19. The minimum absolute atomic E-state index is 0.802. The zero-order chi connectivity index (χ0) is 13.8. The van der Waals surface area contributed by atoms with Crippen LogP contribution in [0.1, 0.15) is 38.5 Å². The molecule has 1 aliphatic heterocycles. The van der Waals surface area contributed by atoms with Crippen molar-refractivity contribution in [3.05, 3.63) is 0 Å². The summed E-state index contributed by atoms with van der Waals surface area (Å²) in [6.45, 7) is 5.04. The van der Waals surface area contributed by atoms with Crippen LogP contribution in [0.5, 0.6) is 0 Å². The molecular formula is C16H29N3O. The highest BCUT2D eigenvalue weighted by molar-refractivity contribution is 5.80. The van der Waals surface area contributed by atoms with Crippen molar-refractivity contribution in [1.82, 2.24) is 10.2 Å². The normalized spacial score (nSPS) is 30.4. The van der Waals surface area contributed by atoms with E-state index in [1.807, 2.05) is 7.05 Å². The van der Waals surface area contributed by atoms with E-state index < -0.39 is 0 Å². The lowest BCUT2D eigenvalue weighted by Crippen LogP contribution is -2.41. The Hall–Kier alpha value is -0.770. The molecule has 0 aromatic heterocycles. The van der Waals surface area contributed by atoms with Crippen molar-refractivity contribution in [3.63, 3.8) is 0 Å². The van der Waals surface area contributed by atoms with Gasteiger partial charge in [-0.2, -0.15) is 0 Å². The number of nitrogens with zero attached hydrogens (tertiary/aromatic N) is 2. The standard InChI is InChI=1S/C16H29N3O/c1-17-16(18-8-9-20-12-13-6-7-13)19-10-14-4-2-3-5-15(14)11-19/h13-15H,2-12H2,1H3,(H,17,18). The Bertz CT molecular complexity index is 327. The number of rotatable bonds is 5. The van der Waals surface area contributed by atoms with Crippen LogP contribution in [0.4, 0.5) is 0 Å². The van der Waals surface area contributed by atoms with Gasteiger partial charge in [0.05, 0.1) is 6.61 Å². The van der Waals surface area contributed by atoms with Crippen molar-refractivity contribution >= 4 is 5.96 Å². The van der Waals surface area contributed by atoms with Gasteiger partial charge in [0, 0.05) is 33.3 Å². The molecule has 3 fully saturated rings. The summed E-state index contributed by atoms with van der Waals surface area (Å²) in [5, 5.41) is 3.47. The Morgan fingerprint density at radius 2 is 1.85 bits per heavy atom. The molecule has 2 aliphatic carbocycles. The fourth-order valence-electron chi connectivity index (χ4n) is 3.68. The van der Waals surface area contributed by atoms with Gasteiger partial charge in [0.2, 0.25) is 0 Å². The van der Waals surface area contributed by atoms with Crippen LogP contribution in [0.15, 0.2) is 4.99 Å². The third kappa shape index (κ3) is 3.66. The second-order valence-corrected chi connectivity index (χ2v) is 6.70. The number of hydrogen-bond donors (Lipinski definition) is 1. The predicted octanol–water partition coefficient (Wildman–Crippen LogP) is 2.11. The maximum atomic E-state index is 5.67. The number of nitrogens with one attached hydrogen (secondary N) is 1. The molecule has 1 heterocycles. The molecule has 3 rings (SSSR count). The lowest BCUT2D eigenvalue weighted by Gasteiger charge is -2.22. The van der Waals surface area contributed by atoms with E-state index in [4.69, 9.17) is 4.74 Å². The van der Waals surface area contributed by atoms with Crippen LogP contribution in [0, 0.1) is 17.8 Å². The van der Waals surface area contributed by atoms with Crippen molar-refractivity contribution < 1.29 is 4.74 Å². The van der Waals surface area contributed by atoms with E-state index in [9.17, 15) is 0 Å². The smallest absolute Gasteiger partial charge is 0.193 e. The summed E-state index contributed by atoms with van der Waals surface area (Å²) >= 11 is 0. The Morgan fingerprint density at radius 1 is 1.15 bits per heavy atom. The van der Waals surface area contributed by atoms with Crippen LogP contribution in [-0.4, -0.2) is 50.8 Å². The quantitative estimate of drug-likeness (QED) is 0.476. The molecule has 1 saturated heterocycles. The fraction of sp³-hybridized carbons (Fsp3) is 0.938. The van der Waals surface area contributed by atoms with Crippen molar-refractivity contribution in [1.29, 1.82) is 0 Å². The van der Waals surface area contributed by atoms with Crippen LogP contribution >= 0.6 is 0 Å². The van der Waals surface area contributed by atoms with Crippen LogP contribution in [0.2, 0.25) is 0 Å². The lowest BCUT2D eigenvalue weighted by atomic mass is 9.82. The highest BCUT2D eigenvalue weighted by atomic mass is 16.5. The molecule has 4 heteroatoms. The molecule has 4 nitrogen and oxygen atoms in total. The van der Waals surface area contributed by atoms with E-state index in [1.54, 1.807) is 0 Å². The molecule has 1 N–H and O–H groups in total. The van der Waals surface area contributed by atoms with Gasteiger partial charge < -0.3 is 15.0 Å². The molecule has 2 atom stereocenters. The Labute approximate surface area is 123 Å². The minimum atomic E-state index is 0.802. The van der Waals surface area contributed by atoms with E-state index in [2.05, 4.69) is 15.2 Å². The van der Waals surface area contributed by atoms with Gasteiger partial charge in [-0.25, -0.2) is 0 Å². The Morgan fingerprint density at radius 3 is 2.45 bits per heavy atom. The number of hydrogen-bond acceptors (Lipinski definition) is 2. The zero-order valence-electron chi connectivity index (χ0n) is 12.8. The summed E-state index contributed by atoms with van der Waals surface area (Å²) in [6, 6.07) is 0. The molecule has 0 radical (unpaired) electrons. The monoisotopic (exact) mass is 279 g/mol. The highest BCUT2D eigenvalue weighted by Crippen LogP contribution is 2.35. The van der Waals surface area contributed by atoms with Gasteiger partial charge in [-0.3, -0.25) is 4.99 Å². The van der Waals surface area contributed by atoms with Crippen LogP contribution < -0.4 is 5.32 Å². The summed E-state index contributed by atoms with van der Waals surface area (Å²) in [6.07, 6.45) is 8.43. The summed E-state index contributed by atoms with van der Waals surface area (Å²) in [4.78, 5) is 6.91. The number of aliphatic imine (C=N–C) groups is 1. The second-order valence-electron chi connectivity index (χ2n) is 6.70. The van der Waals surface area contributed by atoms with Gasteiger partial charge in [-0.15, -0.1) is 0 Å². The number of ether oxygens (including phenoxy) is 1. The molecule has 3 aliphatic rings. The molecule has 0 amide bonds.